The van der Waals surface area contributed by atoms with Gasteiger partial charge in [-0.05, 0) is 68.1 Å². The molecule has 2 N–H and O–H groups in total. The summed E-state index contributed by atoms with van der Waals surface area (Å²) in [5.74, 6) is 3.53. The van der Waals surface area contributed by atoms with Gasteiger partial charge in [0.25, 0.3) is 0 Å². The SMILES string of the molecule is C#C[C@]1(O)[C@H](OC(C)=O)C[C@H]2[C@@H]3CCC4=C[C@@H](O)CC[C@]4(C)[C@H]3CC[C@@]21C. The molecule has 0 aromatic carbocycles. The average Bonchev–Trinajstić information content (AvgIpc) is 2.83. The molecule has 4 rings (SSSR count). The van der Waals surface area contributed by atoms with E-state index >= 15 is 0 Å². The molecule has 0 aromatic rings. The molecular weight excluding hydrogens is 340 g/mol. The quantitative estimate of drug-likeness (QED) is 0.421. The van der Waals surface area contributed by atoms with Crippen molar-refractivity contribution in [2.24, 2.45) is 28.6 Å². The van der Waals surface area contributed by atoms with Crippen LogP contribution in [0.4, 0.5) is 0 Å². The number of hydrogen-bond acceptors (Lipinski definition) is 4. The Balaban J connectivity index is 1.70. The lowest BCUT2D eigenvalue weighted by atomic mass is 9.46. The van der Waals surface area contributed by atoms with Crippen molar-refractivity contribution in [1.29, 1.82) is 0 Å². The van der Waals surface area contributed by atoms with E-state index in [0.29, 0.717) is 18.3 Å². The molecule has 0 amide bonds. The Morgan fingerprint density at radius 3 is 2.67 bits per heavy atom. The van der Waals surface area contributed by atoms with Crippen LogP contribution in [0.3, 0.4) is 0 Å². The van der Waals surface area contributed by atoms with E-state index in [1.807, 2.05) is 0 Å². The molecule has 3 saturated carbocycles. The van der Waals surface area contributed by atoms with Gasteiger partial charge >= 0.3 is 5.97 Å². The summed E-state index contributed by atoms with van der Waals surface area (Å²) in [5.41, 5.74) is -0.256. The molecule has 0 radical (unpaired) electrons. The summed E-state index contributed by atoms with van der Waals surface area (Å²) in [6.45, 7) is 5.86. The lowest BCUT2D eigenvalue weighted by Crippen LogP contribution is -2.56. The number of esters is 1. The molecule has 148 valence electrons. The van der Waals surface area contributed by atoms with Gasteiger partial charge in [0.15, 0.2) is 5.60 Å². The first kappa shape index (κ1) is 19.0. The van der Waals surface area contributed by atoms with Crippen LogP contribution < -0.4 is 0 Å². The number of carbonyl (C=O) groups excluding carboxylic acids is 1. The minimum atomic E-state index is -1.39. The molecule has 27 heavy (non-hydrogen) atoms. The Labute approximate surface area is 162 Å². The maximum absolute atomic E-state index is 11.6. The number of rotatable bonds is 1. The van der Waals surface area contributed by atoms with Gasteiger partial charge in [-0.25, -0.2) is 0 Å². The normalized spacial score (nSPS) is 51.3. The lowest BCUT2D eigenvalue weighted by molar-refractivity contribution is -0.163. The monoisotopic (exact) mass is 372 g/mol. The number of aliphatic hydroxyl groups is 2. The lowest BCUT2D eigenvalue weighted by Gasteiger charge is -2.58. The topological polar surface area (TPSA) is 66.8 Å². The summed E-state index contributed by atoms with van der Waals surface area (Å²) < 4.78 is 5.52. The number of aliphatic hydroxyl groups excluding tert-OH is 1. The molecule has 0 heterocycles. The van der Waals surface area contributed by atoms with Crippen LogP contribution in [0.1, 0.15) is 65.7 Å². The molecule has 3 fully saturated rings. The van der Waals surface area contributed by atoms with Crippen LogP contribution in [0.2, 0.25) is 0 Å². The maximum Gasteiger partial charge on any atom is 0.303 e. The fraction of sp³-hybridized carbons (Fsp3) is 0.783. The number of ether oxygens (including phenoxy) is 1. The van der Waals surface area contributed by atoms with Crippen molar-refractivity contribution in [2.75, 3.05) is 0 Å². The molecular formula is C23H32O4. The fourth-order valence-electron chi connectivity index (χ4n) is 7.30. The van der Waals surface area contributed by atoms with Crippen molar-refractivity contribution in [3.05, 3.63) is 11.6 Å². The summed E-state index contributed by atoms with van der Waals surface area (Å²) >= 11 is 0. The van der Waals surface area contributed by atoms with Crippen molar-refractivity contribution in [3.8, 4) is 12.3 Å². The van der Waals surface area contributed by atoms with Gasteiger partial charge in [0.1, 0.15) is 6.10 Å². The Kier molecular flexibility index (Phi) is 4.29. The van der Waals surface area contributed by atoms with Gasteiger partial charge in [-0.1, -0.05) is 31.4 Å². The van der Waals surface area contributed by atoms with E-state index in [4.69, 9.17) is 11.2 Å². The van der Waals surface area contributed by atoms with Gasteiger partial charge in [0.05, 0.1) is 6.10 Å². The van der Waals surface area contributed by atoms with E-state index < -0.39 is 17.1 Å². The molecule has 0 aromatic heterocycles. The highest BCUT2D eigenvalue weighted by Gasteiger charge is 2.68. The van der Waals surface area contributed by atoms with Crippen LogP contribution in [0.25, 0.3) is 0 Å². The van der Waals surface area contributed by atoms with E-state index in [2.05, 4.69) is 25.8 Å². The molecule has 4 aliphatic rings. The first-order valence-electron chi connectivity index (χ1n) is 10.4. The van der Waals surface area contributed by atoms with Crippen LogP contribution in [0.15, 0.2) is 11.6 Å². The van der Waals surface area contributed by atoms with Gasteiger partial charge in [-0.3, -0.25) is 4.79 Å². The zero-order valence-electron chi connectivity index (χ0n) is 16.7. The minimum Gasteiger partial charge on any atom is -0.458 e. The number of fused-ring (bicyclic) bond motifs is 5. The van der Waals surface area contributed by atoms with E-state index in [1.165, 1.54) is 12.5 Å². The number of allylic oxidation sites excluding steroid dienone is 1. The third-order valence-corrected chi connectivity index (χ3v) is 8.81. The van der Waals surface area contributed by atoms with Crippen molar-refractivity contribution < 1.29 is 19.7 Å². The summed E-state index contributed by atoms with van der Waals surface area (Å²) in [5, 5.41) is 21.5. The van der Waals surface area contributed by atoms with Gasteiger partial charge in [-0.15, -0.1) is 6.42 Å². The summed E-state index contributed by atoms with van der Waals surface area (Å²) in [4.78, 5) is 11.6. The number of hydrogen-bond donors (Lipinski definition) is 2. The zero-order valence-corrected chi connectivity index (χ0v) is 16.7. The minimum absolute atomic E-state index is 0.136. The first-order valence-corrected chi connectivity index (χ1v) is 10.4. The van der Waals surface area contributed by atoms with Gasteiger partial charge in [0, 0.05) is 12.3 Å². The maximum atomic E-state index is 11.6. The van der Waals surface area contributed by atoms with E-state index in [-0.39, 0.29) is 23.4 Å². The highest BCUT2D eigenvalue weighted by molar-refractivity contribution is 5.66. The molecule has 4 heteroatoms. The van der Waals surface area contributed by atoms with Crippen LogP contribution in [-0.4, -0.2) is 34.0 Å². The third kappa shape index (κ3) is 2.47. The Hall–Kier alpha value is -1.31. The van der Waals surface area contributed by atoms with E-state index in [9.17, 15) is 15.0 Å². The number of carbonyl (C=O) groups is 1. The number of terminal acetylenes is 1. The zero-order chi connectivity index (χ0) is 19.6. The average molecular weight is 373 g/mol. The largest absolute Gasteiger partial charge is 0.458 e. The molecule has 0 aliphatic heterocycles. The highest BCUT2D eigenvalue weighted by Crippen LogP contribution is 2.67. The Morgan fingerprint density at radius 1 is 1.26 bits per heavy atom. The van der Waals surface area contributed by atoms with Gasteiger partial charge in [-0.2, -0.15) is 0 Å². The third-order valence-electron chi connectivity index (χ3n) is 8.81. The molecule has 4 aliphatic carbocycles. The summed E-state index contributed by atoms with van der Waals surface area (Å²) in [7, 11) is 0. The van der Waals surface area contributed by atoms with Crippen molar-refractivity contribution in [2.45, 2.75) is 83.5 Å². The molecule has 0 spiro atoms. The second-order valence-corrected chi connectivity index (χ2v) is 9.83. The molecule has 4 nitrogen and oxygen atoms in total. The van der Waals surface area contributed by atoms with Gasteiger partial charge < -0.3 is 14.9 Å². The molecule has 0 saturated heterocycles. The van der Waals surface area contributed by atoms with Crippen LogP contribution >= 0.6 is 0 Å². The molecule has 8 atom stereocenters. The van der Waals surface area contributed by atoms with Crippen LogP contribution in [0, 0.1) is 40.9 Å². The first-order chi connectivity index (χ1) is 12.7. The molecule has 0 unspecified atom stereocenters. The van der Waals surface area contributed by atoms with Crippen molar-refractivity contribution in [3.63, 3.8) is 0 Å². The predicted molar refractivity (Wildman–Crippen MR) is 102 cm³/mol. The highest BCUT2D eigenvalue weighted by atomic mass is 16.6. The van der Waals surface area contributed by atoms with E-state index in [0.717, 1.165) is 38.5 Å². The molecule has 0 bridgehead atoms. The second kappa shape index (κ2) is 6.09. The van der Waals surface area contributed by atoms with Gasteiger partial charge in [0.2, 0.25) is 0 Å². The predicted octanol–water partition coefficient (Wildman–Crippen LogP) is 3.22. The summed E-state index contributed by atoms with van der Waals surface area (Å²) in [6.07, 6.45) is 13.4. The smallest absolute Gasteiger partial charge is 0.303 e. The summed E-state index contributed by atoms with van der Waals surface area (Å²) in [6, 6.07) is 0. The standard InChI is InChI=1S/C23H32O4/c1-5-23(26)20(27-14(2)24)13-19-17-7-6-15-12-16(25)8-10-21(15,3)18(17)9-11-22(19,23)4/h1,12,16-20,25-26H,6-11,13H2,2-4H3/t16-,17+,18-,19-,20+,21-,22-,23-/m0/s1. The van der Waals surface area contributed by atoms with Crippen molar-refractivity contribution in [1.82, 2.24) is 0 Å². The second-order valence-electron chi connectivity index (χ2n) is 9.83. The van der Waals surface area contributed by atoms with Crippen molar-refractivity contribution >= 4 is 5.97 Å². The van der Waals surface area contributed by atoms with E-state index in [1.54, 1.807) is 0 Å². The Morgan fingerprint density at radius 2 is 2.00 bits per heavy atom. The van der Waals surface area contributed by atoms with Crippen LogP contribution in [-0.2, 0) is 9.53 Å². The Bertz CT molecular complexity index is 720. The fourth-order valence-corrected chi connectivity index (χ4v) is 7.30. The van der Waals surface area contributed by atoms with Crippen LogP contribution in [0.5, 0.6) is 0 Å².